The monoisotopic (exact) mass is 343 g/mol. The van der Waals surface area contributed by atoms with Gasteiger partial charge < -0.3 is 0 Å². The quantitative estimate of drug-likeness (QED) is 0.657. The van der Waals surface area contributed by atoms with Crippen LogP contribution in [0.1, 0.15) is 11.1 Å². The smallest absolute Gasteiger partial charge is 0.206 e. The van der Waals surface area contributed by atoms with Crippen molar-refractivity contribution in [2.75, 3.05) is 0 Å². The van der Waals surface area contributed by atoms with Crippen molar-refractivity contribution in [2.24, 2.45) is 0 Å². The van der Waals surface area contributed by atoms with Crippen LogP contribution >= 0.6 is 15.9 Å². The maximum atomic E-state index is 13.8. The summed E-state index contributed by atoms with van der Waals surface area (Å²) in [6.45, 7) is 0. The lowest BCUT2D eigenvalue weighted by Gasteiger charge is -2.10. The molecule has 1 nitrogen and oxygen atoms in total. The molecule has 0 aromatic heterocycles. The second kappa shape index (κ2) is 5.25. The number of alkyl halides is 3. The molecule has 0 atom stereocenters. The van der Waals surface area contributed by atoms with Crippen molar-refractivity contribution in [3.8, 4) is 17.2 Å². The Hall–Kier alpha value is -1.87. The largest absolute Gasteiger partial charge is 0.416 e. The highest BCUT2D eigenvalue weighted by Crippen LogP contribution is 2.35. The summed E-state index contributed by atoms with van der Waals surface area (Å²) in [5, 5.41) is 8.88. The zero-order valence-corrected chi connectivity index (χ0v) is 11.4. The lowest BCUT2D eigenvalue weighted by atomic mass is 10.0. The first kappa shape index (κ1) is 14.5. The van der Waals surface area contributed by atoms with Gasteiger partial charge in [0.25, 0.3) is 0 Å². The minimum atomic E-state index is -4.44. The summed E-state index contributed by atoms with van der Waals surface area (Å²) in [4.78, 5) is 0. The molecule has 6 heteroatoms. The molecule has 2 aromatic rings. The maximum Gasteiger partial charge on any atom is 0.416 e. The fourth-order valence-corrected chi connectivity index (χ4v) is 2.37. The van der Waals surface area contributed by atoms with E-state index >= 15 is 0 Å². The van der Waals surface area contributed by atoms with E-state index in [1.807, 2.05) is 6.07 Å². The summed E-state index contributed by atoms with van der Waals surface area (Å²) in [5.74, 6) is -0.615. The van der Waals surface area contributed by atoms with Crippen LogP contribution in [0.4, 0.5) is 17.6 Å². The molecular weight excluding hydrogens is 338 g/mol. The second-order valence-corrected chi connectivity index (χ2v) is 4.76. The number of benzene rings is 2. The number of rotatable bonds is 1. The highest BCUT2D eigenvalue weighted by Gasteiger charge is 2.30. The van der Waals surface area contributed by atoms with Gasteiger partial charge in [-0.3, -0.25) is 0 Å². The van der Waals surface area contributed by atoms with Gasteiger partial charge >= 0.3 is 6.18 Å². The lowest BCUT2D eigenvalue weighted by Crippen LogP contribution is -2.04. The molecule has 20 heavy (non-hydrogen) atoms. The number of hydrogen-bond acceptors (Lipinski definition) is 1. The highest BCUT2D eigenvalue weighted by molar-refractivity contribution is 9.10. The number of nitriles is 1. The minimum absolute atomic E-state index is 0.0674. The van der Waals surface area contributed by atoms with Crippen LogP contribution in [-0.2, 0) is 6.18 Å². The molecule has 0 aliphatic heterocycles. The van der Waals surface area contributed by atoms with Crippen LogP contribution < -0.4 is 0 Å². The van der Waals surface area contributed by atoms with Crippen LogP contribution in [0.5, 0.6) is 0 Å². The van der Waals surface area contributed by atoms with E-state index < -0.39 is 17.6 Å². The summed E-state index contributed by atoms with van der Waals surface area (Å²) < 4.78 is 51.5. The molecular formula is C14H6BrF4N. The predicted molar refractivity (Wildman–Crippen MR) is 69.3 cm³/mol. The van der Waals surface area contributed by atoms with E-state index in [0.29, 0.717) is 0 Å². The normalized spacial score (nSPS) is 11.2. The van der Waals surface area contributed by atoms with E-state index in [2.05, 4.69) is 15.9 Å². The molecule has 0 saturated carbocycles. The number of hydrogen-bond donors (Lipinski definition) is 0. The molecule has 0 saturated heterocycles. The fraction of sp³-hybridized carbons (Fsp3) is 0.0714. The van der Waals surface area contributed by atoms with Crippen molar-refractivity contribution in [3.63, 3.8) is 0 Å². The minimum Gasteiger partial charge on any atom is -0.206 e. The molecule has 2 aromatic carbocycles. The second-order valence-electron chi connectivity index (χ2n) is 3.97. The van der Waals surface area contributed by atoms with Gasteiger partial charge in [-0.2, -0.15) is 18.4 Å². The Balaban J connectivity index is 2.56. The van der Waals surface area contributed by atoms with E-state index in [4.69, 9.17) is 5.26 Å². The molecule has 0 spiro atoms. The molecule has 0 bridgehead atoms. The first-order valence-electron chi connectivity index (χ1n) is 5.40. The molecule has 0 aliphatic rings. The fourth-order valence-electron chi connectivity index (χ4n) is 1.73. The van der Waals surface area contributed by atoms with Crippen molar-refractivity contribution in [1.29, 1.82) is 5.26 Å². The summed E-state index contributed by atoms with van der Waals surface area (Å²) in [5.41, 5.74) is -0.271. The van der Waals surface area contributed by atoms with Crippen molar-refractivity contribution >= 4 is 15.9 Å². The van der Waals surface area contributed by atoms with Gasteiger partial charge in [0.05, 0.1) is 11.1 Å². The van der Waals surface area contributed by atoms with Crippen molar-refractivity contribution < 1.29 is 17.6 Å². The van der Waals surface area contributed by atoms with Gasteiger partial charge in [0, 0.05) is 10.0 Å². The van der Waals surface area contributed by atoms with E-state index in [0.717, 1.165) is 18.2 Å². The lowest BCUT2D eigenvalue weighted by molar-refractivity contribution is -0.137. The molecule has 0 aliphatic carbocycles. The average Bonchev–Trinajstić information content (AvgIpc) is 2.38. The summed E-state index contributed by atoms with van der Waals surface area (Å²) in [6.07, 6.45) is -4.44. The van der Waals surface area contributed by atoms with Crippen LogP contribution in [0.15, 0.2) is 40.9 Å². The van der Waals surface area contributed by atoms with Gasteiger partial charge in [-0.25, -0.2) is 4.39 Å². The first-order chi connectivity index (χ1) is 9.34. The first-order valence-corrected chi connectivity index (χ1v) is 6.19. The molecule has 0 heterocycles. The summed E-state index contributed by atoms with van der Waals surface area (Å²) in [6, 6.07) is 8.38. The Bertz CT molecular complexity index is 684. The van der Waals surface area contributed by atoms with Crippen LogP contribution in [0.2, 0.25) is 0 Å². The molecule has 2 rings (SSSR count). The Kier molecular flexibility index (Phi) is 3.82. The summed E-state index contributed by atoms with van der Waals surface area (Å²) >= 11 is 3.10. The third kappa shape index (κ3) is 2.68. The third-order valence-corrected chi connectivity index (χ3v) is 3.54. The van der Waals surface area contributed by atoms with Gasteiger partial charge in [0.1, 0.15) is 11.9 Å². The predicted octanol–water partition coefficient (Wildman–Crippen LogP) is 5.15. The Labute approximate surface area is 120 Å². The molecule has 0 N–H and O–H groups in total. The third-order valence-electron chi connectivity index (χ3n) is 2.71. The molecule has 0 radical (unpaired) electrons. The van der Waals surface area contributed by atoms with E-state index in [1.165, 1.54) is 18.2 Å². The van der Waals surface area contributed by atoms with E-state index in [-0.39, 0.29) is 21.2 Å². The van der Waals surface area contributed by atoms with Crippen molar-refractivity contribution in [1.82, 2.24) is 0 Å². The molecule has 0 amide bonds. The average molecular weight is 344 g/mol. The van der Waals surface area contributed by atoms with Crippen LogP contribution in [0.25, 0.3) is 11.1 Å². The summed E-state index contributed by atoms with van der Waals surface area (Å²) in [7, 11) is 0. The number of halogens is 5. The molecule has 0 fully saturated rings. The standard InChI is InChI=1S/C14H6BrF4N/c15-13-9(7-20)3-6-11(16)12(13)8-1-4-10(5-2-8)14(17,18)19/h1-6H. The maximum absolute atomic E-state index is 13.8. The van der Waals surface area contributed by atoms with Gasteiger partial charge in [0.15, 0.2) is 0 Å². The highest BCUT2D eigenvalue weighted by atomic mass is 79.9. The Morgan fingerprint density at radius 1 is 1.00 bits per heavy atom. The Morgan fingerprint density at radius 3 is 2.10 bits per heavy atom. The van der Waals surface area contributed by atoms with E-state index in [1.54, 1.807) is 0 Å². The van der Waals surface area contributed by atoms with Crippen LogP contribution in [0, 0.1) is 17.1 Å². The van der Waals surface area contributed by atoms with Gasteiger partial charge in [-0.05, 0) is 45.8 Å². The van der Waals surface area contributed by atoms with Crippen LogP contribution in [-0.4, -0.2) is 0 Å². The number of nitrogens with zero attached hydrogens (tertiary/aromatic N) is 1. The zero-order valence-electron chi connectivity index (χ0n) is 9.80. The molecule has 0 unspecified atom stereocenters. The van der Waals surface area contributed by atoms with Crippen molar-refractivity contribution in [3.05, 3.63) is 57.8 Å². The Morgan fingerprint density at radius 2 is 1.60 bits per heavy atom. The SMILES string of the molecule is N#Cc1ccc(F)c(-c2ccc(C(F)(F)F)cc2)c1Br. The zero-order chi connectivity index (χ0) is 14.9. The van der Waals surface area contributed by atoms with Gasteiger partial charge in [-0.1, -0.05) is 12.1 Å². The topological polar surface area (TPSA) is 23.8 Å². The van der Waals surface area contributed by atoms with Gasteiger partial charge in [-0.15, -0.1) is 0 Å². The van der Waals surface area contributed by atoms with Crippen LogP contribution in [0.3, 0.4) is 0 Å². The molecule has 102 valence electrons. The van der Waals surface area contributed by atoms with Gasteiger partial charge in [0.2, 0.25) is 0 Å². The van der Waals surface area contributed by atoms with E-state index in [9.17, 15) is 17.6 Å². The van der Waals surface area contributed by atoms with Crippen molar-refractivity contribution in [2.45, 2.75) is 6.18 Å².